The number of carboxylic acid groups (broad SMARTS) is 2. The Morgan fingerprint density at radius 1 is 1.33 bits per heavy atom. The van der Waals surface area contributed by atoms with Gasteiger partial charge in [0.1, 0.15) is 5.60 Å². The molecule has 0 aromatic heterocycles. The van der Waals surface area contributed by atoms with E-state index >= 15 is 0 Å². The predicted octanol–water partition coefficient (Wildman–Crippen LogP) is -0.653. The maximum Gasteiger partial charge on any atom is 1.00 e. The van der Waals surface area contributed by atoms with Crippen molar-refractivity contribution in [2.45, 2.75) is 51.6 Å². The van der Waals surface area contributed by atoms with Crippen molar-refractivity contribution < 1.29 is 49.6 Å². The molecule has 0 aromatic rings. The summed E-state index contributed by atoms with van der Waals surface area (Å²) in [5.74, 6) is -3.49. The van der Waals surface area contributed by atoms with E-state index in [4.69, 9.17) is 9.84 Å². The van der Waals surface area contributed by atoms with Gasteiger partial charge in [0.2, 0.25) is 0 Å². The average Bonchev–Trinajstić information content (AvgIpc) is 2.37. The maximum absolute atomic E-state index is 11.4. The first-order valence-corrected chi connectivity index (χ1v) is 6.56. The van der Waals surface area contributed by atoms with Gasteiger partial charge >= 0.3 is 36.8 Å². The van der Waals surface area contributed by atoms with E-state index in [1.807, 2.05) is 0 Å². The number of carbonyl (C=O) groups is 3. The minimum Gasteiger partial charge on any atom is -1.00 e. The molecule has 0 aliphatic carbocycles. The van der Waals surface area contributed by atoms with E-state index in [2.05, 4.69) is 6.58 Å². The Morgan fingerprint density at radius 3 is 2.29 bits per heavy atom. The maximum atomic E-state index is 11.4. The molecule has 6 nitrogen and oxygen atoms in total. The van der Waals surface area contributed by atoms with Crippen LogP contribution in [0.4, 0.5) is 0 Å². The molecule has 0 radical (unpaired) electrons. The van der Waals surface area contributed by atoms with Crippen molar-refractivity contribution in [3.63, 3.8) is 0 Å². The molecule has 7 heteroatoms. The molecular weight excluding hydrogens is 271 g/mol. The van der Waals surface area contributed by atoms with Crippen LogP contribution in [0.2, 0.25) is 0 Å². The fourth-order valence-corrected chi connectivity index (χ4v) is 1.98. The summed E-state index contributed by atoms with van der Waals surface area (Å²) in [5.41, 5.74) is -1.12. The SMILES string of the molecule is C=CC(=O)OC(C)(CC)C(CCCCC(=O)O)C(=O)O.[H-].[Li+]. The van der Waals surface area contributed by atoms with E-state index in [-0.39, 0.29) is 33.1 Å². The van der Waals surface area contributed by atoms with Crippen molar-refractivity contribution in [2.75, 3.05) is 0 Å². The molecule has 0 spiro atoms. The largest absolute Gasteiger partial charge is 1.00 e. The fourth-order valence-electron chi connectivity index (χ4n) is 1.98. The number of carboxylic acids is 2. The molecule has 0 amide bonds. The van der Waals surface area contributed by atoms with Crippen LogP contribution >= 0.6 is 0 Å². The molecule has 2 atom stereocenters. The molecule has 0 fully saturated rings. The summed E-state index contributed by atoms with van der Waals surface area (Å²) in [7, 11) is 0. The van der Waals surface area contributed by atoms with Crippen molar-refractivity contribution in [2.24, 2.45) is 5.92 Å². The Balaban J connectivity index is -0.00000180. The number of ether oxygens (including phenoxy) is 1. The second-order valence-corrected chi connectivity index (χ2v) is 4.82. The van der Waals surface area contributed by atoms with Crippen molar-refractivity contribution in [1.29, 1.82) is 0 Å². The van der Waals surface area contributed by atoms with Crippen LogP contribution in [-0.2, 0) is 19.1 Å². The van der Waals surface area contributed by atoms with Gasteiger partial charge in [0.25, 0.3) is 0 Å². The Hall–Kier alpha value is -1.25. The first-order valence-electron chi connectivity index (χ1n) is 6.56. The van der Waals surface area contributed by atoms with Gasteiger partial charge in [-0.15, -0.1) is 0 Å². The third kappa shape index (κ3) is 7.93. The van der Waals surface area contributed by atoms with Crippen LogP contribution < -0.4 is 18.9 Å². The zero-order valence-electron chi connectivity index (χ0n) is 13.9. The zero-order valence-corrected chi connectivity index (χ0v) is 12.9. The summed E-state index contributed by atoms with van der Waals surface area (Å²) in [4.78, 5) is 33.1. The van der Waals surface area contributed by atoms with E-state index in [1.54, 1.807) is 13.8 Å². The quantitative estimate of drug-likeness (QED) is 0.240. The number of hydrogen-bond donors (Lipinski definition) is 2. The van der Waals surface area contributed by atoms with Gasteiger partial charge in [-0.2, -0.15) is 0 Å². The normalized spacial score (nSPS) is 14.2. The third-order valence-electron chi connectivity index (χ3n) is 3.37. The number of rotatable bonds is 10. The molecule has 0 aliphatic rings. The van der Waals surface area contributed by atoms with Gasteiger partial charge < -0.3 is 16.4 Å². The number of aliphatic carboxylic acids is 2. The van der Waals surface area contributed by atoms with Gasteiger partial charge in [0.05, 0.1) is 5.92 Å². The minimum absolute atomic E-state index is 0. The second-order valence-electron chi connectivity index (χ2n) is 4.82. The van der Waals surface area contributed by atoms with Crippen molar-refractivity contribution in [3.05, 3.63) is 12.7 Å². The standard InChI is InChI=1S/C14H22O6.Li.H/c1-4-12(17)20-14(3,5-2)10(13(18)19)8-6-7-9-11(15)16;;/h4,10H,1,5-9H2,2-3H3,(H,15,16)(H,18,19);;/q;+1;-1. The Morgan fingerprint density at radius 2 is 1.90 bits per heavy atom. The average molecular weight is 294 g/mol. The molecular formula is C14H23LiO6. The number of carbonyl (C=O) groups excluding carboxylic acids is 1. The molecule has 0 heterocycles. The molecule has 0 saturated heterocycles. The summed E-state index contributed by atoms with van der Waals surface area (Å²) in [6.45, 7) is 6.60. The first-order chi connectivity index (χ1) is 9.26. The van der Waals surface area contributed by atoms with E-state index in [1.165, 1.54) is 0 Å². The summed E-state index contributed by atoms with van der Waals surface area (Å²) in [6, 6.07) is 0. The van der Waals surface area contributed by atoms with E-state index in [0.717, 1.165) is 6.08 Å². The third-order valence-corrected chi connectivity index (χ3v) is 3.37. The molecule has 0 aliphatic heterocycles. The summed E-state index contributed by atoms with van der Waals surface area (Å²) >= 11 is 0. The molecule has 0 aromatic carbocycles. The summed E-state index contributed by atoms with van der Waals surface area (Å²) in [6.07, 6.45) is 2.46. The van der Waals surface area contributed by atoms with E-state index in [0.29, 0.717) is 19.3 Å². The van der Waals surface area contributed by atoms with Crippen LogP contribution in [0, 0.1) is 5.92 Å². The second kappa shape index (κ2) is 10.5. The zero-order chi connectivity index (χ0) is 15.8. The summed E-state index contributed by atoms with van der Waals surface area (Å²) in [5, 5.41) is 17.8. The minimum atomic E-state index is -1.12. The Bertz CT molecular complexity index is 388. The van der Waals surface area contributed by atoms with Crippen LogP contribution in [0.3, 0.4) is 0 Å². The van der Waals surface area contributed by atoms with Crippen molar-refractivity contribution in [3.8, 4) is 0 Å². The smallest absolute Gasteiger partial charge is 1.00 e. The van der Waals surface area contributed by atoms with Crippen LogP contribution in [0.1, 0.15) is 47.4 Å². The topological polar surface area (TPSA) is 101 Å². The molecule has 21 heavy (non-hydrogen) atoms. The van der Waals surface area contributed by atoms with Crippen LogP contribution in [0.15, 0.2) is 12.7 Å². The Labute approximate surface area is 138 Å². The molecule has 0 saturated carbocycles. The number of unbranched alkanes of at least 4 members (excludes halogenated alkanes) is 1. The van der Waals surface area contributed by atoms with Gasteiger partial charge in [-0.25, -0.2) is 4.79 Å². The molecule has 2 unspecified atom stereocenters. The van der Waals surface area contributed by atoms with Gasteiger partial charge in [-0.1, -0.05) is 19.9 Å². The van der Waals surface area contributed by atoms with E-state index in [9.17, 15) is 19.5 Å². The van der Waals surface area contributed by atoms with Gasteiger partial charge in [-0.3, -0.25) is 9.59 Å². The van der Waals surface area contributed by atoms with Crippen LogP contribution in [-0.4, -0.2) is 33.7 Å². The van der Waals surface area contributed by atoms with Gasteiger partial charge in [0, 0.05) is 12.5 Å². The first kappa shape index (κ1) is 22.0. The molecule has 0 bridgehead atoms. The van der Waals surface area contributed by atoms with Crippen LogP contribution in [0.5, 0.6) is 0 Å². The van der Waals surface area contributed by atoms with Crippen LogP contribution in [0.25, 0.3) is 0 Å². The molecule has 0 rings (SSSR count). The van der Waals surface area contributed by atoms with Gasteiger partial charge in [0.15, 0.2) is 0 Å². The predicted molar refractivity (Wildman–Crippen MR) is 73.3 cm³/mol. The van der Waals surface area contributed by atoms with E-state index < -0.39 is 29.4 Å². The summed E-state index contributed by atoms with van der Waals surface area (Å²) < 4.78 is 5.18. The molecule has 2 N–H and O–H groups in total. The van der Waals surface area contributed by atoms with Crippen molar-refractivity contribution in [1.82, 2.24) is 0 Å². The van der Waals surface area contributed by atoms with Crippen molar-refractivity contribution >= 4 is 17.9 Å². The Kier molecular flexibility index (Phi) is 11.0. The number of hydrogen-bond acceptors (Lipinski definition) is 4. The fraction of sp³-hybridized carbons (Fsp3) is 0.643. The molecule has 116 valence electrons. The number of esters is 1. The van der Waals surface area contributed by atoms with Gasteiger partial charge in [-0.05, 0) is 26.2 Å². The monoisotopic (exact) mass is 294 g/mol.